The molecule has 10 atom stereocenters. The predicted octanol–water partition coefficient (Wildman–Crippen LogP) is 5.11. The van der Waals surface area contributed by atoms with Gasteiger partial charge in [0.15, 0.2) is 0 Å². The lowest BCUT2D eigenvalue weighted by molar-refractivity contribution is -0.166. The van der Waals surface area contributed by atoms with Crippen molar-refractivity contribution in [1.82, 2.24) is 20.0 Å². The first-order valence-electron chi connectivity index (χ1n) is 21.1. The smallest absolute Gasteiger partial charge is 0.329 e. The van der Waals surface area contributed by atoms with E-state index in [-0.39, 0.29) is 48.5 Å². The number of thioether (sulfide) groups is 1. The van der Waals surface area contributed by atoms with Crippen LogP contribution >= 0.6 is 11.8 Å². The number of aliphatic imine (C=N–C) groups is 1. The number of aliphatic hydroxyl groups is 1. The molecule has 13 nitrogen and oxygen atoms in total. The Labute approximate surface area is 350 Å². The molecule has 0 aromatic heterocycles. The highest BCUT2D eigenvalue weighted by molar-refractivity contribution is 8.14. The molecule has 3 heterocycles. The minimum absolute atomic E-state index is 0.0138. The van der Waals surface area contributed by atoms with Crippen LogP contribution in [0.15, 0.2) is 29.3 Å². The maximum absolute atomic E-state index is 14.6. The fourth-order valence-electron chi connectivity index (χ4n) is 8.13. The molecule has 1 aromatic rings. The van der Waals surface area contributed by atoms with Crippen molar-refractivity contribution in [2.24, 2.45) is 28.2 Å². The third-order valence-electron chi connectivity index (χ3n) is 12.4. The van der Waals surface area contributed by atoms with Crippen LogP contribution in [0.1, 0.15) is 106 Å². The number of ether oxygens (including phenoxy) is 2. The van der Waals surface area contributed by atoms with Crippen molar-refractivity contribution in [3.63, 3.8) is 0 Å². The Morgan fingerprint density at radius 3 is 2.28 bits per heavy atom. The number of carbonyl (C=O) groups excluding carboxylic acids is 5. The highest BCUT2D eigenvalue weighted by Gasteiger charge is 2.44. The summed E-state index contributed by atoms with van der Waals surface area (Å²) in [4.78, 5) is 80.0. The molecule has 2 N–H and O–H groups in total. The van der Waals surface area contributed by atoms with E-state index in [1.807, 2.05) is 53.7 Å². The van der Waals surface area contributed by atoms with E-state index < -0.39 is 59.6 Å². The number of nitrogens with one attached hydrogen (secondary N) is 1. The molecular formula is C44H69N5O8S. The molecule has 2 bridgehead atoms. The zero-order valence-corrected chi connectivity index (χ0v) is 37.5. The number of rotatable bonds is 5. The van der Waals surface area contributed by atoms with Crippen LogP contribution in [0.3, 0.4) is 0 Å². The van der Waals surface area contributed by atoms with Crippen LogP contribution in [-0.2, 0) is 35.1 Å². The molecule has 1 fully saturated rings. The monoisotopic (exact) mass is 827 g/mol. The van der Waals surface area contributed by atoms with Gasteiger partial charge in [-0.25, -0.2) is 4.79 Å². The molecular weight excluding hydrogens is 759 g/mol. The zero-order valence-electron chi connectivity index (χ0n) is 36.7. The Kier molecular flexibility index (Phi) is 16.7. The first-order valence-corrected chi connectivity index (χ1v) is 22.1. The minimum atomic E-state index is -0.976. The highest BCUT2D eigenvalue weighted by atomic mass is 32.2. The Bertz CT molecular complexity index is 1630. The average Bonchev–Trinajstić information content (AvgIpc) is 3.88. The van der Waals surface area contributed by atoms with Gasteiger partial charge in [-0.05, 0) is 74.0 Å². The second kappa shape index (κ2) is 20.5. The van der Waals surface area contributed by atoms with E-state index in [0.717, 1.165) is 10.6 Å². The van der Waals surface area contributed by atoms with Crippen LogP contribution in [0, 0.1) is 23.2 Å². The average molecular weight is 828 g/mol. The normalized spacial score (nSPS) is 31.2. The van der Waals surface area contributed by atoms with Gasteiger partial charge in [0, 0.05) is 45.2 Å². The summed E-state index contributed by atoms with van der Waals surface area (Å²) < 4.78 is 11.6. The van der Waals surface area contributed by atoms with Gasteiger partial charge in [-0.15, -0.1) is 11.8 Å². The molecule has 4 rings (SSSR count). The Hall–Kier alpha value is -3.65. The summed E-state index contributed by atoms with van der Waals surface area (Å²) in [5.41, 5.74) is 0.396. The number of hydrogen-bond acceptors (Lipinski definition) is 10. The van der Waals surface area contributed by atoms with Crippen molar-refractivity contribution in [3.05, 3.63) is 29.8 Å². The van der Waals surface area contributed by atoms with Crippen LogP contribution in [0.4, 0.5) is 0 Å². The fraction of sp³-hybridized carbons (Fsp3) is 0.727. The number of fused-ring (bicyclic) bond motifs is 2. The van der Waals surface area contributed by atoms with Gasteiger partial charge in [0.1, 0.15) is 36.0 Å². The number of likely N-dealkylation sites (N-methyl/N-ethyl adjacent to an activating group) is 2. The van der Waals surface area contributed by atoms with E-state index in [1.165, 1.54) is 9.80 Å². The highest BCUT2D eigenvalue weighted by Crippen LogP contribution is 2.34. The summed E-state index contributed by atoms with van der Waals surface area (Å²) in [5, 5.41) is 15.2. The molecule has 324 valence electrons. The molecule has 0 saturated carbocycles. The number of carbonyl (C=O) groups is 5. The summed E-state index contributed by atoms with van der Waals surface area (Å²) in [5.74, 6) is -1.06. The number of aliphatic hydroxyl groups excluding tert-OH is 1. The van der Waals surface area contributed by atoms with Gasteiger partial charge < -0.3 is 34.6 Å². The van der Waals surface area contributed by atoms with Gasteiger partial charge in [0.2, 0.25) is 23.6 Å². The molecule has 1 saturated heterocycles. The van der Waals surface area contributed by atoms with Crippen LogP contribution in [0.5, 0.6) is 5.75 Å². The van der Waals surface area contributed by atoms with Gasteiger partial charge in [-0.3, -0.25) is 24.2 Å². The molecule has 3 aliphatic heterocycles. The van der Waals surface area contributed by atoms with Crippen LogP contribution < -0.4 is 10.1 Å². The maximum Gasteiger partial charge on any atom is 0.329 e. The van der Waals surface area contributed by atoms with Crippen molar-refractivity contribution in [3.8, 4) is 5.75 Å². The first-order chi connectivity index (χ1) is 27.3. The molecule has 0 spiro atoms. The summed E-state index contributed by atoms with van der Waals surface area (Å²) in [6.45, 7) is 16.0. The number of cyclic esters (lactones) is 1. The lowest BCUT2D eigenvalue weighted by Gasteiger charge is -2.39. The van der Waals surface area contributed by atoms with Crippen LogP contribution in [-0.4, -0.2) is 130 Å². The van der Waals surface area contributed by atoms with Crippen molar-refractivity contribution in [2.45, 2.75) is 149 Å². The van der Waals surface area contributed by atoms with Gasteiger partial charge >= 0.3 is 5.97 Å². The number of hydrogen-bond donors (Lipinski definition) is 2. The number of methoxy groups -OCH3 is 1. The second-order valence-corrected chi connectivity index (χ2v) is 19.0. The Morgan fingerprint density at radius 1 is 0.983 bits per heavy atom. The third-order valence-corrected chi connectivity index (χ3v) is 13.7. The Balaban J connectivity index is 1.69. The third kappa shape index (κ3) is 11.8. The number of esters is 1. The molecule has 14 heteroatoms. The lowest BCUT2D eigenvalue weighted by Crippen LogP contribution is -2.59. The molecule has 1 aromatic carbocycles. The van der Waals surface area contributed by atoms with Gasteiger partial charge in [0.25, 0.3) is 0 Å². The van der Waals surface area contributed by atoms with E-state index in [4.69, 9.17) is 14.5 Å². The summed E-state index contributed by atoms with van der Waals surface area (Å²) in [7, 11) is 4.70. The largest absolute Gasteiger partial charge is 0.497 e. The van der Waals surface area contributed by atoms with Crippen LogP contribution in [0.2, 0.25) is 0 Å². The molecule has 0 unspecified atom stereocenters. The lowest BCUT2D eigenvalue weighted by atomic mass is 9.81. The van der Waals surface area contributed by atoms with Crippen molar-refractivity contribution >= 4 is 46.4 Å². The van der Waals surface area contributed by atoms with E-state index in [2.05, 4.69) is 12.2 Å². The van der Waals surface area contributed by atoms with E-state index >= 15 is 0 Å². The molecule has 58 heavy (non-hydrogen) atoms. The quantitative estimate of drug-likeness (QED) is 0.385. The van der Waals surface area contributed by atoms with Gasteiger partial charge in [0.05, 0.1) is 24.3 Å². The summed E-state index contributed by atoms with van der Waals surface area (Å²) in [6, 6.07) is 3.51. The predicted molar refractivity (Wildman–Crippen MR) is 227 cm³/mol. The van der Waals surface area contributed by atoms with E-state index in [1.54, 1.807) is 56.9 Å². The van der Waals surface area contributed by atoms with Crippen molar-refractivity contribution in [1.29, 1.82) is 0 Å². The summed E-state index contributed by atoms with van der Waals surface area (Å²) >= 11 is 1.60. The second-order valence-electron chi connectivity index (χ2n) is 18.0. The van der Waals surface area contributed by atoms with E-state index in [9.17, 15) is 29.1 Å². The Morgan fingerprint density at radius 2 is 1.66 bits per heavy atom. The van der Waals surface area contributed by atoms with Gasteiger partial charge in [-0.1, -0.05) is 67.0 Å². The van der Waals surface area contributed by atoms with Crippen molar-refractivity contribution in [2.75, 3.05) is 33.5 Å². The van der Waals surface area contributed by atoms with Crippen molar-refractivity contribution < 1.29 is 38.6 Å². The molecule has 0 aliphatic carbocycles. The minimum Gasteiger partial charge on any atom is -0.497 e. The number of benzene rings is 1. The SMILES string of the molecule is CC[C@H](C)[C@H]1C(=O)N2CCC[C@H]2C(=O)O[C@H](C(C)(C)C)C[C@@H](C)C[C@H](O)[C@@H](C)C2=N[C@@H](CCC(=O)N[C@@H](Cc3ccc(OC)cc3)C(=O)N(C)[C@@H](C)C(=O)N1C)CS2. The first kappa shape index (κ1) is 47.0. The standard InChI is InChI=1S/C44H69N5O8S/c1-12-27(3)38-42(54)49-21-13-14-34(49)43(55)57-36(44(6,7)8)23-26(2)22-35(50)28(4)39-45-31(25-58-39)17-20-37(51)46-33(24-30-15-18-32(56-11)19-16-30)41(53)47(9)29(5)40(52)48(38)10/h15-16,18-19,26-29,31,33-36,38,50H,12-14,17,20-25H2,1-11H3,(H,46,51)/t26-,27-,28+,29-,31-,33-,34-,35-,36-,38-/m0/s1. The topological polar surface area (TPSA) is 158 Å². The summed E-state index contributed by atoms with van der Waals surface area (Å²) in [6.07, 6.45) is 2.36. The molecule has 4 amide bonds. The zero-order chi connectivity index (χ0) is 43.1. The molecule has 0 radical (unpaired) electrons. The maximum atomic E-state index is 14.6. The van der Waals surface area contributed by atoms with Crippen LogP contribution in [0.25, 0.3) is 0 Å². The molecule has 3 aliphatic rings. The fourth-order valence-corrected chi connectivity index (χ4v) is 9.38. The van der Waals surface area contributed by atoms with Gasteiger partial charge in [-0.2, -0.15) is 0 Å². The number of amides is 4. The number of nitrogens with zero attached hydrogens (tertiary/aromatic N) is 4. The van der Waals surface area contributed by atoms with E-state index in [0.29, 0.717) is 56.6 Å².